The van der Waals surface area contributed by atoms with Crippen LogP contribution >= 0.6 is 0 Å². The molecule has 7 rings (SSSR count). The molecule has 2 heteroatoms. The fourth-order valence-electron chi connectivity index (χ4n) is 6.56. The molecule has 7 aromatic rings. The van der Waals surface area contributed by atoms with Crippen LogP contribution in [0.4, 0.5) is 0 Å². The first-order valence-corrected chi connectivity index (χ1v) is 16.3. The summed E-state index contributed by atoms with van der Waals surface area (Å²) in [6, 6.07) is 41.5. The lowest BCUT2D eigenvalue weighted by atomic mass is 10.00. The van der Waals surface area contributed by atoms with Crippen molar-refractivity contribution in [2.45, 2.75) is 20.8 Å². The summed E-state index contributed by atoms with van der Waals surface area (Å²) in [6.45, 7) is 18.1. The summed E-state index contributed by atoms with van der Waals surface area (Å²) >= 11 is 0. The summed E-state index contributed by atoms with van der Waals surface area (Å²) in [7, 11) is 0. The highest BCUT2D eigenvalue weighted by Gasteiger charge is 2.17. The third-order valence-electron chi connectivity index (χ3n) is 8.57. The van der Waals surface area contributed by atoms with E-state index < -0.39 is 0 Å². The van der Waals surface area contributed by atoms with Crippen LogP contribution in [0.2, 0.25) is 0 Å². The highest BCUT2D eigenvalue weighted by Crippen LogP contribution is 2.38. The average molecular weight is 609 g/mol. The second kappa shape index (κ2) is 13.6. The molecule has 0 aliphatic heterocycles. The monoisotopic (exact) mass is 608 g/mol. The summed E-state index contributed by atoms with van der Waals surface area (Å²) < 4.78 is 4.65. The van der Waals surface area contributed by atoms with Crippen LogP contribution in [-0.2, 0) is 0 Å². The minimum atomic E-state index is 1.04. The van der Waals surface area contributed by atoms with Gasteiger partial charge >= 0.3 is 0 Å². The van der Waals surface area contributed by atoms with Gasteiger partial charge in [0.1, 0.15) is 0 Å². The van der Waals surface area contributed by atoms with E-state index in [1.807, 2.05) is 32.1 Å². The molecule has 2 aromatic heterocycles. The summed E-state index contributed by atoms with van der Waals surface area (Å²) in [5, 5.41) is 3.68. The third-order valence-corrected chi connectivity index (χ3v) is 8.57. The quantitative estimate of drug-likeness (QED) is 0.152. The number of nitrogens with zero attached hydrogens (tertiary/aromatic N) is 2. The van der Waals surface area contributed by atoms with E-state index in [9.17, 15) is 0 Å². The van der Waals surface area contributed by atoms with Gasteiger partial charge in [-0.05, 0) is 89.9 Å². The van der Waals surface area contributed by atoms with Crippen LogP contribution in [0.5, 0.6) is 0 Å². The van der Waals surface area contributed by atoms with Crippen LogP contribution in [0.15, 0.2) is 159 Å². The highest BCUT2D eigenvalue weighted by molar-refractivity contribution is 6.10. The van der Waals surface area contributed by atoms with Crippen molar-refractivity contribution in [1.82, 2.24) is 9.13 Å². The lowest BCUT2D eigenvalue weighted by Crippen LogP contribution is -1.97. The Kier molecular flexibility index (Phi) is 9.04. The fourth-order valence-corrected chi connectivity index (χ4v) is 6.56. The summed E-state index contributed by atoms with van der Waals surface area (Å²) in [5.74, 6) is 0. The van der Waals surface area contributed by atoms with Gasteiger partial charge < -0.3 is 9.13 Å². The number of aromatic nitrogens is 2. The van der Waals surface area contributed by atoms with Crippen LogP contribution in [0.3, 0.4) is 0 Å². The van der Waals surface area contributed by atoms with Gasteiger partial charge in [0, 0.05) is 33.1 Å². The SMILES string of the molecule is C=C/C=C(\C=C)c1ccc(-n2c(C=C)c(/C=C\C)c3cc(-c4ccc5c(c4)c4ccccc4n5-c4ccccc4)ccc32)cc1.CC. The maximum atomic E-state index is 4.22. The lowest BCUT2D eigenvalue weighted by Gasteiger charge is -2.11. The molecular weight excluding hydrogens is 569 g/mol. The molecule has 0 saturated heterocycles. The van der Waals surface area contributed by atoms with E-state index in [0.29, 0.717) is 0 Å². The molecule has 0 N–H and O–H groups in total. The normalized spacial score (nSPS) is 11.6. The molecule has 2 nitrogen and oxygen atoms in total. The van der Waals surface area contributed by atoms with Gasteiger partial charge in [-0.1, -0.05) is 125 Å². The molecule has 0 fully saturated rings. The van der Waals surface area contributed by atoms with Gasteiger partial charge in [-0.3, -0.25) is 0 Å². The van der Waals surface area contributed by atoms with Crippen molar-refractivity contribution in [3.63, 3.8) is 0 Å². The molecule has 0 aliphatic rings. The number of benzene rings is 5. The van der Waals surface area contributed by atoms with Crippen LogP contribution in [0, 0.1) is 0 Å². The van der Waals surface area contributed by atoms with Crippen LogP contribution in [0.1, 0.15) is 37.6 Å². The van der Waals surface area contributed by atoms with Gasteiger partial charge in [-0.25, -0.2) is 0 Å². The number of fused-ring (bicyclic) bond motifs is 4. The Morgan fingerprint density at radius 3 is 1.83 bits per heavy atom. The molecule has 0 radical (unpaired) electrons. The second-order valence-electron chi connectivity index (χ2n) is 11.1. The van der Waals surface area contributed by atoms with Gasteiger partial charge in [-0.2, -0.15) is 0 Å². The van der Waals surface area contributed by atoms with Crippen molar-refractivity contribution in [2.24, 2.45) is 0 Å². The van der Waals surface area contributed by atoms with Crippen molar-refractivity contribution in [1.29, 1.82) is 0 Å². The maximum Gasteiger partial charge on any atom is 0.0541 e. The van der Waals surface area contributed by atoms with Gasteiger partial charge in [0.2, 0.25) is 0 Å². The standard InChI is InChI=1S/C43H34N2.C2H6/c1-5-14-30(7-3)31-20-24-35(25-21-31)44-40(8-4)36(15-6-2)38-28-32(22-26-42(38)44)33-23-27-43-39(29-33)37-18-12-13-19-41(37)45(43)34-16-10-9-11-17-34;1-2/h5-29H,1,3-4H2,2H3;1-2H3/b15-6-,30-14+;. The largest absolute Gasteiger partial charge is 0.309 e. The first kappa shape index (κ1) is 31.1. The van der Waals surface area contributed by atoms with Crippen molar-refractivity contribution in [3.05, 3.63) is 176 Å². The summed E-state index contributed by atoms with van der Waals surface area (Å²) in [5.41, 5.74) is 12.5. The van der Waals surface area contributed by atoms with E-state index in [1.54, 1.807) is 6.08 Å². The Bertz CT molecular complexity index is 2300. The van der Waals surface area contributed by atoms with Crippen molar-refractivity contribution < 1.29 is 0 Å². The third kappa shape index (κ3) is 5.49. The molecule has 0 atom stereocenters. The lowest BCUT2D eigenvalue weighted by molar-refractivity contribution is 1.10. The Hall–Kier alpha value is -5.86. The molecule has 47 heavy (non-hydrogen) atoms. The molecule has 0 bridgehead atoms. The Morgan fingerprint density at radius 2 is 1.19 bits per heavy atom. The van der Waals surface area contributed by atoms with Crippen LogP contribution < -0.4 is 0 Å². The molecule has 2 heterocycles. The van der Waals surface area contributed by atoms with E-state index in [0.717, 1.165) is 39.3 Å². The molecule has 230 valence electrons. The topological polar surface area (TPSA) is 9.86 Å². The Labute approximate surface area is 278 Å². The first-order chi connectivity index (χ1) is 23.2. The minimum absolute atomic E-state index is 1.04. The van der Waals surface area contributed by atoms with Gasteiger partial charge in [-0.15, -0.1) is 0 Å². The zero-order chi connectivity index (χ0) is 32.9. The van der Waals surface area contributed by atoms with Gasteiger partial charge in [0.15, 0.2) is 0 Å². The minimum Gasteiger partial charge on any atom is -0.309 e. The smallest absolute Gasteiger partial charge is 0.0541 e. The van der Waals surface area contributed by atoms with E-state index >= 15 is 0 Å². The Balaban J connectivity index is 0.00000190. The Morgan fingerprint density at radius 1 is 0.596 bits per heavy atom. The van der Waals surface area contributed by atoms with Crippen molar-refractivity contribution in [2.75, 3.05) is 0 Å². The van der Waals surface area contributed by atoms with Crippen molar-refractivity contribution in [3.8, 4) is 22.5 Å². The highest BCUT2D eigenvalue weighted by atomic mass is 15.0. The maximum absolute atomic E-state index is 4.22. The van der Waals surface area contributed by atoms with Crippen LogP contribution in [0.25, 0.3) is 72.9 Å². The molecule has 0 aliphatic carbocycles. The number of para-hydroxylation sites is 2. The molecule has 5 aromatic carbocycles. The number of rotatable bonds is 8. The first-order valence-electron chi connectivity index (χ1n) is 16.3. The summed E-state index contributed by atoms with van der Waals surface area (Å²) in [6.07, 6.45) is 11.9. The average Bonchev–Trinajstić information content (AvgIpc) is 3.63. The molecule has 0 spiro atoms. The predicted molar refractivity (Wildman–Crippen MR) is 208 cm³/mol. The summed E-state index contributed by atoms with van der Waals surface area (Å²) in [4.78, 5) is 0. The van der Waals surface area contributed by atoms with E-state index in [2.05, 4.69) is 163 Å². The van der Waals surface area contributed by atoms with E-state index in [1.165, 1.54) is 38.3 Å². The van der Waals surface area contributed by atoms with Gasteiger partial charge in [0.25, 0.3) is 0 Å². The van der Waals surface area contributed by atoms with E-state index in [-0.39, 0.29) is 0 Å². The number of hydrogen-bond donors (Lipinski definition) is 0. The zero-order valence-electron chi connectivity index (χ0n) is 27.4. The molecule has 0 saturated carbocycles. The predicted octanol–water partition coefficient (Wildman–Crippen LogP) is 12.9. The van der Waals surface area contributed by atoms with Gasteiger partial charge in [0.05, 0.1) is 22.2 Å². The molecule has 0 unspecified atom stereocenters. The number of hydrogen-bond acceptors (Lipinski definition) is 0. The zero-order valence-corrected chi connectivity index (χ0v) is 27.4. The van der Waals surface area contributed by atoms with Crippen LogP contribution in [-0.4, -0.2) is 9.13 Å². The van der Waals surface area contributed by atoms with E-state index in [4.69, 9.17) is 0 Å². The van der Waals surface area contributed by atoms with Crippen molar-refractivity contribution >= 4 is 50.4 Å². The number of allylic oxidation sites excluding steroid dienone is 5. The second-order valence-corrected chi connectivity index (χ2v) is 11.1. The molecule has 0 amide bonds. The molecular formula is C45H40N2. The fraction of sp³-hybridized carbons (Fsp3) is 0.0667.